The molecule has 0 amide bonds. The fourth-order valence-electron chi connectivity index (χ4n) is 1.53. The van der Waals surface area contributed by atoms with Crippen LogP contribution in [0.1, 0.15) is 5.56 Å². The standard InChI is InChI=1S/C12H11BrIN3/c1-17(12-11(14)6-15-8-16-12)7-9-2-4-10(13)5-3-9/h2-6,8H,7H2,1H3. The third-order valence-corrected chi connectivity index (χ3v) is 3.63. The van der Waals surface area contributed by atoms with Crippen molar-refractivity contribution in [2.45, 2.75) is 6.54 Å². The van der Waals surface area contributed by atoms with Gasteiger partial charge in [0.15, 0.2) is 0 Å². The summed E-state index contributed by atoms with van der Waals surface area (Å²) in [6.45, 7) is 0.834. The number of halogens is 2. The minimum absolute atomic E-state index is 0.834. The van der Waals surface area contributed by atoms with Crippen LogP contribution in [0, 0.1) is 3.57 Å². The van der Waals surface area contributed by atoms with Crippen molar-refractivity contribution in [3.8, 4) is 0 Å². The van der Waals surface area contributed by atoms with Crippen LogP contribution >= 0.6 is 38.5 Å². The minimum atomic E-state index is 0.834. The Morgan fingerprint density at radius 3 is 2.65 bits per heavy atom. The average Bonchev–Trinajstić information content (AvgIpc) is 2.32. The summed E-state index contributed by atoms with van der Waals surface area (Å²) < 4.78 is 2.16. The summed E-state index contributed by atoms with van der Waals surface area (Å²) in [5, 5.41) is 0. The van der Waals surface area contributed by atoms with E-state index >= 15 is 0 Å². The number of hydrogen-bond acceptors (Lipinski definition) is 3. The molecule has 88 valence electrons. The summed E-state index contributed by atoms with van der Waals surface area (Å²) in [4.78, 5) is 10.4. The molecule has 5 heteroatoms. The molecule has 0 fully saturated rings. The molecule has 0 aliphatic carbocycles. The van der Waals surface area contributed by atoms with Crippen LogP contribution in [-0.4, -0.2) is 17.0 Å². The van der Waals surface area contributed by atoms with Crippen LogP contribution in [0.4, 0.5) is 5.82 Å². The smallest absolute Gasteiger partial charge is 0.145 e. The summed E-state index contributed by atoms with van der Waals surface area (Å²) in [6, 6.07) is 8.31. The molecule has 0 saturated carbocycles. The Kier molecular flexibility index (Phi) is 4.33. The Morgan fingerprint density at radius 2 is 2.00 bits per heavy atom. The molecule has 0 saturated heterocycles. The van der Waals surface area contributed by atoms with E-state index in [2.05, 4.69) is 65.5 Å². The largest absolute Gasteiger partial charge is 0.354 e. The van der Waals surface area contributed by atoms with Gasteiger partial charge in [0.1, 0.15) is 12.1 Å². The Labute approximate surface area is 123 Å². The molecule has 17 heavy (non-hydrogen) atoms. The van der Waals surface area contributed by atoms with E-state index in [4.69, 9.17) is 0 Å². The van der Waals surface area contributed by atoms with Crippen LogP contribution in [0.15, 0.2) is 41.3 Å². The van der Waals surface area contributed by atoms with Gasteiger partial charge in [-0.25, -0.2) is 9.97 Å². The zero-order valence-electron chi connectivity index (χ0n) is 9.27. The maximum Gasteiger partial charge on any atom is 0.145 e. The molecule has 1 aromatic carbocycles. The van der Waals surface area contributed by atoms with E-state index in [1.807, 2.05) is 25.4 Å². The van der Waals surface area contributed by atoms with E-state index < -0.39 is 0 Å². The van der Waals surface area contributed by atoms with Crippen molar-refractivity contribution in [2.24, 2.45) is 0 Å². The molecular weight excluding hydrogens is 393 g/mol. The quantitative estimate of drug-likeness (QED) is 0.734. The van der Waals surface area contributed by atoms with E-state index in [0.717, 1.165) is 20.4 Å². The first-order chi connectivity index (χ1) is 8.16. The molecule has 0 atom stereocenters. The van der Waals surface area contributed by atoms with Gasteiger partial charge in [0.2, 0.25) is 0 Å². The lowest BCUT2D eigenvalue weighted by Crippen LogP contribution is -2.18. The number of benzene rings is 1. The monoisotopic (exact) mass is 403 g/mol. The summed E-state index contributed by atoms with van der Waals surface area (Å²) >= 11 is 5.68. The fourth-order valence-corrected chi connectivity index (χ4v) is 2.50. The van der Waals surface area contributed by atoms with Gasteiger partial charge < -0.3 is 4.90 Å². The van der Waals surface area contributed by atoms with Gasteiger partial charge >= 0.3 is 0 Å². The van der Waals surface area contributed by atoms with Crippen molar-refractivity contribution < 1.29 is 0 Å². The highest BCUT2D eigenvalue weighted by molar-refractivity contribution is 14.1. The van der Waals surface area contributed by atoms with Gasteiger partial charge in [-0.15, -0.1) is 0 Å². The molecule has 0 aliphatic rings. The molecule has 1 heterocycles. The number of aromatic nitrogens is 2. The predicted octanol–water partition coefficient (Wildman–Crippen LogP) is 3.48. The third kappa shape index (κ3) is 3.38. The van der Waals surface area contributed by atoms with Gasteiger partial charge in [0, 0.05) is 24.3 Å². The topological polar surface area (TPSA) is 29.0 Å². The molecule has 2 rings (SSSR count). The van der Waals surface area contributed by atoms with Gasteiger partial charge in [-0.3, -0.25) is 0 Å². The summed E-state index contributed by atoms with van der Waals surface area (Å²) in [5.74, 6) is 0.962. The molecule has 1 aromatic heterocycles. The van der Waals surface area contributed by atoms with Crippen LogP contribution in [0.5, 0.6) is 0 Å². The lowest BCUT2D eigenvalue weighted by molar-refractivity contribution is 0.885. The molecule has 0 bridgehead atoms. The first-order valence-electron chi connectivity index (χ1n) is 5.08. The molecule has 0 aliphatic heterocycles. The second-order valence-corrected chi connectivity index (χ2v) is 5.75. The van der Waals surface area contributed by atoms with Crippen LogP contribution in [0.2, 0.25) is 0 Å². The number of hydrogen-bond donors (Lipinski definition) is 0. The number of anilines is 1. The molecule has 0 spiro atoms. The maximum absolute atomic E-state index is 4.29. The Balaban J connectivity index is 2.14. The second kappa shape index (κ2) is 5.77. The van der Waals surface area contributed by atoms with Gasteiger partial charge in [-0.05, 0) is 40.3 Å². The lowest BCUT2D eigenvalue weighted by atomic mass is 10.2. The van der Waals surface area contributed by atoms with Crippen molar-refractivity contribution in [3.63, 3.8) is 0 Å². The Hall–Kier alpha value is -0.690. The highest BCUT2D eigenvalue weighted by Crippen LogP contribution is 2.19. The lowest BCUT2D eigenvalue weighted by Gasteiger charge is -2.19. The highest BCUT2D eigenvalue weighted by Gasteiger charge is 2.07. The SMILES string of the molecule is CN(Cc1ccc(Br)cc1)c1ncncc1I. The van der Waals surface area contributed by atoms with Crippen LogP contribution in [0.3, 0.4) is 0 Å². The average molecular weight is 404 g/mol. The number of nitrogens with zero attached hydrogens (tertiary/aromatic N) is 3. The van der Waals surface area contributed by atoms with E-state index in [9.17, 15) is 0 Å². The fraction of sp³-hybridized carbons (Fsp3) is 0.167. The summed E-state index contributed by atoms with van der Waals surface area (Å²) in [5.41, 5.74) is 1.25. The van der Waals surface area contributed by atoms with Crippen molar-refractivity contribution in [3.05, 3.63) is 50.4 Å². The molecule has 0 N–H and O–H groups in total. The van der Waals surface area contributed by atoms with Crippen LogP contribution < -0.4 is 4.90 Å². The van der Waals surface area contributed by atoms with Crippen molar-refractivity contribution in [1.82, 2.24) is 9.97 Å². The molecule has 3 nitrogen and oxygen atoms in total. The zero-order chi connectivity index (χ0) is 12.3. The van der Waals surface area contributed by atoms with Gasteiger partial charge in [0.05, 0.1) is 3.57 Å². The Morgan fingerprint density at radius 1 is 1.29 bits per heavy atom. The molecule has 0 unspecified atom stereocenters. The summed E-state index contributed by atoms with van der Waals surface area (Å²) in [7, 11) is 2.03. The van der Waals surface area contributed by atoms with E-state index in [1.165, 1.54) is 5.56 Å². The normalized spacial score (nSPS) is 10.3. The van der Waals surface area contributed by atoms with Crippen LogP contribution in [0.25, 0.3) is 0 Å². The first kappa shape index (κ1) is 12.8. The van der Waals surface area contributed by atoms with Gasteiger partial charge in [-0.1, -0.05) is 28.1 Å². The predicted molar refractivity (Wildman–Crippen MR) is 81.0 cm³/mol. The van der Waals surface area contributed by atoms with Gasteiger partial charge in [-0.2, -0.15) is 0 Å². The van der Waals surface area contributed by atoms with Crippen molar-refractivity contribution >= 4 is 44.3 Å². The zero-order valence-corrected chi connectivity index (χ0v) is 13.0. The Bertz CT molecular complexity index is 501. The maximum atomic E-state index is 4.29. The molecule has 0 radical (unpaired) electrons. The number of rotatable bonds is 3. The molecule has 2 aromatic rings. The second-order valence-electron chi connectivity index (χ2n) is 3.68. The third-order valence-electron chi connectivity index (χ3n) is 2.34. The van der Waals surface area contributed by atoms with E-state index in [0.29, 0.717) is 0 Å². The first-order valence-corrected chi connectivity index (χ1v) is 6.95. The van der Waals surface area contributed by atoms with Crippen LogP contribution in [-0.2, 0) is 6.54 Å². The van der Waals surface area contributed by atoms with Gasteiger partial charge in [0.25, 0.3) is 0 Å². The minimum Gasteiger partial charge on any atom is -0.354 e. The van der Waals surface area contributed by atoms with Crippen molar-refractivity contribution in [2.75, 3.05) is 11.9 Å². The summed E-state index contributed by atoms with van der Waals surface area (Å²) in [6.07, 6.45) is 3.40. The van der Waals surface area contributed by atoms with E-state index in [1.54, 1.807) is 6.33 Å². The van der Waals surface area contributed by atoms with E-state index in [-0.39, 0.29) is 0 Å². The van der Waals surface area contributed by atoms with Crippen molar-refractivity contribution in [1.29, 1.82) is 0 Å². The highest BCUT2D eigenvalue weighted by atomic mass is 127. The molecular formula is C12H11BrIN3.